The van der Waals surface area contributed by atoms with Crippen LogP contribution < -0.4 is 5.32 Å². The molecule has 0 saturated carbocycles. The van der Waals surface area contributed by atoms with E-state index in [-0.39, 0.29) is 22.8 Å². The number of nitrogens with zero attached hydrogens (tertiary/aromatic N) is 3. The van der Waals surface area contributed by atoms with Crippen molar-refractivity contribution in [2.45, 2.75) is 43.9 Å². The molecule has 0 aromatic heterocycles. The van der Waals surface area contributed by atoms with Crippen molar-refractivity contribution in [3.8, 4) is 6.07 Å². The Morgan fingerprint density at radius 1 is 1.11 bits per heavy atom. The third kappa shape index (κ3) is 6.47. The van der Waals surface area contributed by atoms with Crippen LogP contribution in [0, 0.1) is 17.2 Å². The smallest absolute Gasteiger partial charge is 0.243 e. The molecule has 1 N–H and O–H groups in total. The number of amides is 1. The van der Waals surface area contributed by atoms with E-state index in [2.05, 4.69) is 29.3 Å². The number of benzene rings is 2. The summed E-state index contributed by atoms with van der Waals surface area (Å²) in [6.07, 6.45) is 1.21. The van der Waals surface area contributed by atoms with Gasteiger partial charge in [0.25, 0.3) is 0 Å². The maximum Gasteiger partial charge on any atom is 0.243 e. The van der Waals surface area contributed by atoms with Gasteiger partial charge in [-0.05, 0) is 55.2 Å². The molecule has 1 amide bonds. The molecule has 2 saturated heterocycles. The number of nitriles is 1. The molecule has 8 nitrogen and oxygen atoms in total. The molecule has 186 valence electrons. The Bertz CT molecular complexity index is 1170. The molecule has 9 heteroatoms. The summed E-state index contributed by atoms with van der Waals surface area (Å²) in [7, 11) is -3.63. The predicted octanol–water partition coefficient (Wildman–Crippen LogP) is 2.50. The van der Waals surface area contributed by atoms with Gasteiger partial charge in [-0.2, -0.15) is 9.57 Å². The van der Waals surface area contributed by atoms with Gasteiger partial charge in [0.2, 0.25) is 15.9 Å². The highest BCUT2D eigenvalue weighted by atomic mass is 32.2. The van der Waals surface area contributed by atoms with Crippen molar-refractivity contribution in [1.29, 1.82) is 5.26 Å². The van der Waals surface area contributed by atoms with E-state index in [1.807, 2.05) is 18.2 Å². The van der Waals surface area contributed by atoms with Crippen LogP contribution in [-0.2, 0) is 32.6 Å². The van der Waals surface area contributed by atoms with Gasteiger partial charge in [0.15, 0.2) is 0 Å². The van der Waals surface area contributed by atoms with Crippen molar-refractivity contribution in [3.63, 3.8) is 0 Å². The minimum Gasteiger partial charge on any atom is -0.376 e. The van der Waals surface area contributed by atoms with E-state index in [0.29, 0.717) is 38.0 Å². The second kappa shape index (κ2) is 11.3. The van der Waals surface area contributed by atoms with E-state index >= 15 is 0 Å². The van der Waals surface area contributed by atoms with Gasteiger partial charge in [-0.15, -0.1) is 0 Å². The molecular weight excluding hydrogens is 464 g/mol. The van der Waals surface area contributed by atoms with Gasteiger partial charge in [-0.1, -0.05) is 24.3 Å². The molecule has 2 heterocycles. The van der Waals surface area contributed by atoms with E-state index < -0.39 is 10.0 Å². The van der Waals surface area contributed by atoms with Crippen molar-refractivity contribution in [3.05, 3.63) is 65.2 Å². The Labute approximate surface area is 207 Å². The minimum absolute atomic E-state index is 0.0344. The lowest BCUT2D eigenvalue weighted by molar-refractivity contribution is -0.126. The Balaban J connectivity index is 1.26. The van der Waals surface area contributed by atoms with Crippen molar-refractivity contribution < 1.29 is 17.9 Å². The fraction of sp³-hybridized carbons (Fsp3) is 0.462. The SMILES string of the molecule is CC1CN(Cc2cccc(CNC(=O)C3CCN(S(=O)(=O)c4ccc(C#N)cc4)CC3)c2)CCO1. The van der Waals surface area contributed by atoms with Crippen LogP contribution in [0.15, 0.2) is 53.4 Å². The number of ether oxygens (including phenoxy) is 1. The molecule has 2 aliphatic heterocycles. The number of piperidine rings is 1. The van der Waals surface area contributed by atoms with Crippen molar-refractivity contribution in [1.82, 2.24) is 14.5 Å². The van der Waals surface area contributed by atoms with E-state index in [0.717, 1.165) is 31.8 Å². The molecular formula is C26H32N4O4S. The second-order valence-electron chi connectivity index (χ2n) is 9.27. The Hall–Kier alpha value is -2.77. The number of nitrogens with one attached hydrogen (secondary N) is 1. The molecule has 0 radical (unpaired) electrons. The topological polar surface area (TPSA) is 103 Å². The summed E-state index contributed by atoms with van der Waals surface area (Å²) in [5.74, 6) is -0.242. The zero-order chi connectivity index (χ0) is 24.8. The molecule has 1 unspecified atom stereocenters. The summed E-state index contributed by atoms with van der Waals surface area (Å²) >= 11 is 0. The lowest BCUT2D eigenvalue weighted by Gasteiger charge is -2.31. The average molecular weight is 497 g/mol. The highest BCUT2D eigenvalue weighted by Gasteiger charge is 2.32. The molecule has 0 spiro atoms. The normalized spacial score (nSPS) is 20.3. The van der Waals surface area contributed by atoms with Gasteiger partial charge in [-0.25, -0.2) is 8.42 Å². The zero-order valence-electron chi connectivity index (χ0n) is 20.0. The minimum atomic E-state index is -3.63. The highest BCUT2D eigenvalue weighted by Crippen LogP contribution is 2.24. The summed E-state index contributed by atoms with van der Waals surface area (Å²) in [5, 5.41) is 11.9. The average Bonchev–Trinajstić information content (AvgIpc) is 2.87. The fourth-order valence-electron chi connectivity index (χ4n) is 4.67. The third-order valence-electron chi connectivity index (χ3n) is 6.64. The first-order valence-corrected chi connectivity index (χ1v) is 13.5. The van der Waals surface area contributed by atoms with Crippen LogP contribution in [0.1, 0.15) is 36.5 Å². The highest BCUT2D eigenvalue weighted by molar-refractivity contribution is 7.89. The van der Waals surface area contributed by atoms with Gasteiger partial charge >= 0.3 is 0 Å². The number of sulfonamides is 1. The largest absolute Gasteiger partial charge is 0.376 e. The monoisotopic (exact) mass is 496 g/mol. The lowest BCUT2D eigenvalue weighted by atomic mass is 9.97. The number of morpholine rings is 1. The quantitative estimate of drug-likeness (QED) is 0.632. The standard InChI is InChI=1S/C26H32N4O4S/c1-20-18-29(13-14-34-20)19-23-4-2-3-22(15-23)17-28-26(31)24-9-11-30(12-10-24)35(32,33)25-7-5-21(16-27)6-8-25/h2-8,15,20,24H,9-14,17-19H2,1H3,(H,28,31). The molecule has 35 heavy (non-hydrogen) atoms. The summed E-state index contributed by atoms with van der Waals surface area (Å²) < 4.78 is 32.8. The molecule has 2 aromatic rings. The summed E-state index contributed by atoms with van der Waals surface area (Å²) in [6, 6.07) is 16.2. The molecule has 2 aliphatic rings. The predicted molar refractivity (Wildman–Crippen MR) is 132 cm³/mol. The first-order chi connectivity index (χ1) is 16.8. The lowest BCUT2D eigenvalue weighted by Crippen LogP contribution is -2.42. The van der Waals surface area contributed by atoms with Crippen LogP contribution >= 0.6 is 0 Å². The number of carbonyl (C=O) groups excluding carboxylic acids is 1. The van der Waals surface area contributed by atoms with Crippen molar-refractivity contribution in [2.24, 2.45) is 5.92 Å². The van der Waals surface area contributed by atoms with Gasteiger partial charge in [0.1, 0.15) is 0 Å². The van der Waals surface area contributed by atoms with Crippen LogP contribution in [0.3, 0.4) is 0 Å². The maximum atomic E-state index is 12.9. The molecule has 0 bridgehead atoms. The molecule has 4 rings (SSSR count). The van der Waals surface area contributed by atoms with Gasteiger partial charge < -0.3 is 10.1 Å². The van der Waals surface area contributed by atoms with E-state index in [4.69, 9.17) is 10.00 Å². The molecule has 0 aliphatic carbocycles. The molecule has 2 aromatic carbocycles. The van der Waals surface area contributed by atoms with E-state index in [9.17, 15) is 13.2 Å². The zero-order valence-corrected chi connectivity index (χ0v) is 20.8. The molecule has 2 fully saturated rings. The van der Waals surface area contributed by atoms with Crippen LogP contribution in [0.5, 0.6) is 0 Å². The Kier molecular flexibility index (Phi) is 8.19. The van der Waals surface area contributed by atoms with Crippen molar-refractivity contribution >= 4 is 15.9 Å². The van der Waals surface area contributed by atoms with Gasteiger partial charge in [0.05, 0.1) is 29.2 Å². The number of hydrogen-bond donors (Lipinski definition) is 1. The number of hydrogen-bond acceptors (Lipinski definition) is 6. The third-order valence-corrected chi connectivity index (χ3v) is 8.55. The van der Waals surface area contributed by atoms with Crippen molar-refractivity contribution in [2.75, 3.05) is 32.8 Å². The summed E-state index contributed by atoms with van der Waals surface area (Å²) in [6.45, 7) is 6.60. The van der Waals surface area contributed by atoms with Gasteiger partial charge in [0, 0.05) is 45.2 Å². The fourth-order valence-corrected chi connectivity index (χ4v) is 6.14. The number of rotatable bonds is 7. The van der Waals surface area contributed by atoms with Crippen LogP contribution in [-0.4, -0.2) is 62.4 Å². The maximum absolute atomic E-state index is 12.9. The van der Waals surface area contributed by atoms with E-state index in [1.54, 1.807) is 0 Å². The Morgan fingerprint density at radius 2 is 1.83 bits per heavy atom. The first-order valence-electron chi connectivity index (χ1n) is 12.0. The summed E-state index contributed by atoms with van der Waals surface area (Å²) in [4.78, 5) is 15.3. The molecule has 1 atom stereocenters. The van der Waals surface area contributed by atoms with Crippen LogP contribution in [0.4, 0.5) is 0 Å². The second-order valence-corrected chi connectivity index (χ2v) is 11.2. The van der Waals surface area contributed by atoms with Crippen LogP contribution in [0.25, 0.3) is 0 Å². The number of carbonyl (C=O) groups is 1. The van der Waals surface area contributed by atoms with Gasteiger partial charge in [-0.3, -0.25) is 9.69 Å². The first kappa shape index (κ1) is 25.3. The Morgan fingerprint density at radius 3 is 2.51 bits per heavy atom. The van der Waals surface area contributed by atoms with E-state index in [1.165, 1.54) is 34.1 Å². The van der Waals surface area contributed by atoms with Crippen LogP contribution in [0.2, 0.25) is 0 Å². The summed E-state index contributed by atoms with van der Waals surface area (Å²) in [5.41, 5.74) is 2.69.